The molecule has 0 aromatic heterocycles. The Hall–Kier alpha value is -2.08. The molecule has 1 aromatic carbocycles. The van der Waals surface area contributed by atoms with Crippen molar-refractivity contribution >= 4 is 11.8 Å². The molecule has 0 unspecified atom stereocenters. The maximum absolute atomic E-state index is 13.6. The Bertz CT molecular complexity index is 823. The van der Waals surface area contributed by atoms with E-state index in [4.69, 9.17) is 4.74 Å². The molecular formula is C29H45N3O3. The second-order valence-electron chi connectivity index (χ2n) is 10.6. The Morgan fingerprint density at radius 1 is 0.886 bits per heavy atom. The first-order valence-electron chi connectivity index (χ1n) is 14.2. The fourth-order valence-electron chi connectivity index (χ4n) is 6.05. The van der Waals surface area contributed by atoms with Gasteiger partial charge in [0.05, 0.1) is 18.2 Å². The smallest absolute Gasteiger partial charge is 0.257 e. The van der Waals surface area contributed by atoms with Crippen molar-refractivity contribution < 1.29 is 14.3 Å². The molecule has 35 heavy (non-hydrogen) atoms. The van der Waals surface area contributed by atoms with E-state index >= 15 is 0 Å². The molecule has 2 heterocycles. The Balaban J connectivity index is 1.58. The Kier molecular flexibility index (Phi) is 9.87. The summed E-state index contributed by atoms with van der Waals surface area (Å²) in [5.41, 5.74) is 0.661. The summed E-state index contributed by atoms with van der Waals surface area (Å²) in [5.74, 6) is 1.01. The van der Waals surface area contributed by atoms with Gasteiger partial charge in [-0.2, -0.15) is 0 Å². The summed E-state index contributed by atoms with van der Waals surface area (Å²) in [4.78, 5) is 33.7. The second kappa shape index (κ2) is 13.3. The number of hydrogen-bond acceptors (Lipinski definition) is 4. The number of carbonyl (C=O) groups excluding carboxylic acids is 2. The van der Waals surface area contributed by atoms with Crippen molar-refractivity contribution in [1.82, 2.24) is 14.7 Å². The molecule has 1 saturated heterocycles. The molecule has 1 aliphatic carbocycles. The molecule has 1 saturated carbocycles. The predicted octanol–water partition coefficient (Wildman–Crippen LogP) is 5.12. The van der Waals surface area contributed by atoms with E-state index in [-0.39, 0.29) is 24.0 Å². The highest BCUT2D eigenvalue weighted by atomic mass is 16.5. The summed E-state index contributed by atoms with van der Waals surface area (Å²) in [6.45, 7) is 7.11. The van der Waals surface area contributed by atoms with Crippen LogP contribution in [0, 0.1) is 0 Å². The molecule has 194 valence electrons. The number of amides is 2. The lowest BCUT2D eigenvalue weighted by Gasteiger charge is -2.41. The summed E-state index contributed by atoms with van der Waals surface area (Å²) >= 11 is 0. The van der Waals surface area contributed by atoms with E-state index in [0.717, 1.165) is 90.5 Å². The van der Waals surface area contributed by atoms with Crippen molar-refractivity contribution in [3.63, 3.8) is 0 Å². The van der Waals surface area contributed by atoms with Gasteiger partial charge in [0, 0.05) is 19.6 Å². The van der Waals surface area contributed by atoms with Gasteiger partial charge in [0.2, 0.25) is 5.91 Å². The SMILES string of the molecule is CCCN1CCCCCCN(C(=O)CN2CCCCC2)[C@@H]2CCCC[C@@H]2Oc2ccccc2C1=O. The van der Waals surface area contributed by atoms with Gasteiger partial charge >= 0.3 is 0 Å². The van der Waals surface area contributed by atoms with Gasteiger partial charge in [0.1, 0.15) is 11.9 Å². The lowest BCUT2D eigenvalue weighted by Crippen LogP contribution is -2.53. The van der Waals surface area contributed by atoms with E-state index in [0.29, 0.717) is 17.9 Å². The van der Waals surface area contributed by atoms with Gasteiger partial charge in [-0.3, -0.25) is 14.5 Å². The van der Waals surface area contributed by atoms with Crippen molar-refractivity contribution in [2.75, 3.05) is 39.3 Å². The van der Waals surface area contributed by atoms with E-state index in [9.17, 15) is 9.59 Å². The van der Waals surface area contributed by atoms with Crippen LogP contribution in [0.3, 0.4) is 0 Å². The summed E-state index contributed by atoms with van der Waals surface area (Å²) in [6, 6.07) is 7.81. The maximum Gasteiger partial charge on any atom is 0.257 e. The molecule has 0 N–H and O–H groups in total. The zero-order chi connectivity index (χ0) is 24.5. The number of piperidine rings is 1. The van der Waals surface area contributed by atoms with E-state index in [1.807, 2.05) is 29.2 Å². The molecule has 6 heteroatoms. The molecule has 0 spiro atoms. The van der Waals surface area contributed by atoms with Gasteiger partial charge in [-0.1, -0.05) is 44.7 Å². The molecule has 0 radical (unpaired) electrons. The normalized spacial score (nSPS) is 25.2. The molecule has 3 aliphatic rings. The Morgan fingerprint density at radius 2 is 1.57 bits per heavy atom. The van der Waals surface area contributed by atoms with Crippen LogP contribution in [0.15, 0.2) is 24.3 Å². The second-order valence-corrected chi connectivity index (χ2v) is 10.6. The van der Waals surface area contributed by atoms with Gasteiger partial charge < -0.3 is 14.5 Å². The number of benzene rings is 1. The standard InChI is InChI=1S/C29H45N3O3/c1-2-18-31-21-12-3-4-13-22-32(28(33)23-30-19-10-5-11-20-30)25-15-7-9-17-27(25)35-26-16-8-6-14-24(26)29(31)34/h6,8,14,16,25,27H,2-5,7,9-13,15,17-23H2,1H3/t25-,27+/m1/s1. The van der Waals surface area contributed by atoms with E-state index in [1.165, 1.54) is 19.3 Å². The number of ether oxygens (including phenoxy) is 1. The van der Waals surface area contributed by atoms with Gasteiger partial charge in [0.25, 0.3) is 5.91 Å². The third-order valence-electron chi connectivity index (χ3n) is 7.95. The van der Waals surface area contributed by atoms with Crippen LogP contribution in [0.4, 0.5) is 0 Å². The third kappa shape index (κ3) is 6.99. The van der Waals surface area contributed by atoms with Crippen molar-refractivity contribution in [3.8, 4) is 5.75 Å². The lowest BCUT2D eigenvalue weighted by molar-refractivity contribution is -0.138. The fraction of sp³-hybridized carbons (Fsp3) is 0.724. The number of nitrogens with zero attached hydrogens (tertiary/aromatic N) is 3. The zero-order valence-electron chi connectivity index (χ0n) is 21.8. The average molecular weight is 484 g/mol. The minimum atomic E-state index is -0.0643. The Morgan fingerprint density at radius 3 is 2.37 bits per heavy atom. The van der Waals surface area contributed by atoms with Gasteiger partial charge in [-0.25, -0.2) is 0 Å². The predicted molar refractivity (Wildman–Crippen MR) is 140 cm³/mol. The molecule has 6 nitrogen and oxygen atoms in total. The van der Waals surface area contributed by atoms with E-state index in [1.54, 1.807) is 0 Å². The molecule has 2 amide bonds. The number of likely N-dealkylation sites (tertiary alicyclic amines) is 1. The Labute approximate surface area is 212 Å². The number of para-hydroxylation sites is 1. The van der Waals surface area contributed by atoms with E-state index < -0.39 is 0 Å². The number of fused-ring (bicyclic) bond motifs is 2. The number of carbonyl (C=O) groups is 2. The quantitative estimate of drug-likeness (QED) is 0.597. The van der Waals surface area contributed by atoms with Crippen molar-refractivity contribution in [2.24, 2.45) is 0 Å². The highest BCUT2D eigenvalue weighted by Crippen LogP contribution is 2.31. The van der Waals surface area contributed by atoms with Gasteiger partial charge in [-0.05, 0) is 76.6 Å². The van der Waals surface area contributed by atoms with Gasteiger partial charge in [-0.15, -0.1) is 0 Å². The van der Waals surface area contributed by atoms with Crippen LogP contribution in [-0.4, -0.2) is 77.9 Å². The average Bonchev–Trinajstić information content (AvgIpc) is 2.88. The van der Waals surface area contributed by atoms with Crippen LogP contribution >= 0.6 is 0 Å². The number of hydrogen-bond donors (Lipinski definition) is 0. The largest absolute Gasteiger partial charge is 0.487 e. The first kappa shape index (κ1) is 26.0. The van der Waals surface area contributed by atoms with Gasteiger partial charge in [0.15, 0.2) is 0 Å². The van der Waals surface area contributed by atoms with Crippen molar-refractivity contribution in [2.45, 2.75) is 96.1 Å². The molecule has 1 aromatic rings. The summed E-state index contributed by atoms with van der Waals surface area (Å²) < 4.78 is 6.66. The fourth-order valence-corrected chi connectivity index (χ4v) is 6.05. The topological polar surface area (TPSA) is 53.1 Å². The maximum atomic E-state index is 13.6. The highest BCUT2D eigenvalue weighted by Gasteiger charge is 2.35. The summed E-state index contributed by atoms with van der Waals surface area (Å²) in [6.07, 6.45) is 12.9. The van der Waals surface area contributed by atoms with Crippen LogP contribution in [0.25, 0.3) is 0 Å². The molecule has 2 atom stereocenters. The summed E-state index contributed by atoms with van der Waals surface area (Å²) in [5, 5.41) is 0. The first-order valence-corrected chi connectivity index (χ1v) is 14.2. The molecule has 0 bridgehead atoms. The van der Waals surface area contributed by atoms with Crippen LogP contribution in [0.1, 0.15) is 94.3 Å². The minimum Gasteiger partial charge on any atom is -0.487 e. The molecule has 2 aliphatic heterocycles. The number of rotatable bonds is 4. The lowest BCUT2D eigenvalue weighted by atomic mass is 9.90. The van der Waals surface area contributed by atoms with Crippen LogP contribution < -0.4 is 4.74 Å². The third-order valence-corrected chi connectivity index (χ3v) is 7.95. The minimum absolute atomic E-state index is 0.0643. The van der Waals surface area contributed by atoms with Crippen molar-refractivity contribution in [3.05, 3.63) is 29.8 Å². The monoisotopic (exact) mass is 483 g/mol. The van der Waals surface area contributed by atoms with E-state index in [2.05, 4.69) is 16.7 Å². The zero-order valence-corrected chi connectivity index (χ0v) is 21.8. The van der Waals surface area contributed by atoms with Crippen molar-refractivity contribution in [1.29, 1.82) is 0 Å². The molecular weight excluding hydrogens is 438 g/mol. The van der Waals surface area contributed by atoms with Crippen LogP contribution in [0.2, 0.25) is 0 Å². The highest BCUT2D eigenvalue weighted by molar-refractivity contribution is 5.97. The first-order chi connectivity index (χ1) is 17.2. The molecule has 2 fully saturated rings. The van der Waals surface area contributed by atoms with Crippen LogP contribution in [-0.2, 0) is 4.79 Å². The van der Waals surface area contributed by atoms with Crippen LogP contribution in [0.5, 0.6) is 5.75 Å². The summed E-state index contributed by atoms with van der Waals surface area (Å²) in [7, 11) is 0. The molecule has 4 rings (SSSR count).